The smallest absolute Gasteiger partial charge is 0.275 e. The van der Waals surface area contributed by atoms with Crippen LogP contribution in [0.15, 0.2) is 47.4 Å². The van der Waals surface area contributed by atoms with Crippen molar-refractivity contribution in [2.75, 3.05) is 20.7 Å². The molecule has 7 nitrogen and oxygen atoms in total. The molecular weight excluding hydrogens is 378 g/mol. The summed E-state index contributed by atoms with van der Waals surface area (Å²) in [4.78, 5) is 13.5. The molecule has 0 aromatic heterocycles. The molecule has 0 aliphatic rings. The number of carbonyl (C=O) groups is 1. The summed E-state index contributed by atoms with van der Waals surface area (Å²) in [6, 6.07) is 11.9. The summed E-state index contributed by atoms with van der Waals surface area (Å²) in [6.07, 6.45) is 0. The van der Waals surface area contributed by atoms with E-state index >= 15 is 0 Å². The molecule has 1 unspecified atom stereocenters. The summed E-state index contributed by atoms with van der Waals surface area (Å²) in [5, 5.41) is 8.04. The molecular formula is C20H28N3O4S+. The summed E-state index contributed by atoms with van der Waals surface area (Å²) in [5.41, 5.74) is 3.00. The average molecular weight is 407 g/mol. The van der Waals surface area contributed by atoms with E-state index in [2.05, 4.69) is 11.4 Å². The summed E-state index contributed by atoms with van der Waals surface area (Å²) in [5.74, 6) is 0.723. The Labute approximate surface area is 166 Å². The Bertz CT molecular complexity index is 927. The van der Waals surface area contributed by atoms with Crippen LogP contribution in [-0.4, -0.2) is 35.0 Å². The fourth-order valence-electron chi connectivity index (χ4n) is 3.03. The number of likely N-dealkylation sites (N-methyl/N-ethyl adjacent to an activating group) is 1. The normalized spacial score (nSPS) is 13.6. The van der Waals surface area contributed by atoms with Crippen LogP contribution in [0, 0.1) is 6.92 Å². The third kappa shape index (κ3) is 6.05. The van der Waals surface area contributed by atoms with Crippen molar-refractivity contribution in [3.05, 3.63) is 59.2 Å². The zero-order valence-electron chi connectivity index (χ0n) is 16.7. The monoisotopic (exact) mass is 406 g/mol. The molecule has 0 aliphatic heterocycles. The number of hydrogen-bond acceptors (Lipinski definition) is 4. The van der Waals surface area contributed by atoms with Crippen LogP contribution in [-0.2, 0) is 21.4 Å². The predicted molar refractivity (Wildman–Crippen MR) is 108 cm³/mol. The van der Waals surface area contributed by atoms with Crippen LogP contribution >= 0.6 is 0 Å². The van der Waals surface area contributed by atoms with Crippen molar-refractivity contribution in [2.24, 2.45) is 5.14 Å². The fraction of sp³-hybridized carbons (Fsp3) is 0.350. The summed E-state index contributed by atoms with van der Waals surface area (Å²) in [6.45, 7) is 4.84. The number of benzene rings is 2. The van der Waals surface area contributed by atoms with Gasteiger partial charge in [-0.05, 0) is 43.7 Å². The van der Waals surface area contributed by atoms with Gasteiger partial charge in [0.25, 0.3) is 5.91 Å². The van der Waals surface area contributed by atoms with E-state index in [0.717, 1.165) is 27.3 Å². The summed E-state index contributed by atoms with van der Waals surface area (Å²) in [7, 11) is -0.135. The van der Waals surface area contributed by atoms with Gasteiger partial charge in [0.2, 0.25) is 10.0 Å². The highest BCUT2D eigenvalue weighted by molar-refractivity contribution is 7.89. The van der Waals surface area contributed by atoms with Crippen molar-refractivity contribution in [1.29, 1.82) is 0 Å². The van der Waals surface area contributed by atoms with Gasteiger partial charge in [-0.25, -0.2) is 13.6 Å². The Balaban J connectivity index is 1.95. The number of ether oxygens (including phenoxy) is 1. The first-order valence-electron chi connectivity index (χ1n) is 8.97. The van der Waals surface area contributed by atoms with Crippen molar-refractivity contribution in [1.82, 2.24) is 5.32 Å². The Morgan fingerprint density at radius 1 is 1.21 bits per heavy atom. The van der Waals surface area contributed by atoms with E-state index in [0.29, 0.717) is 13.1 Å². The van der Waals surface area contributed by atoms with Crippen molar-refractivity contribution in [3.63, 3.8) is 0 Å². The minimum absolute atomic E-state index is 0.0473. The van der Waals surface area contributed by atoms with E-state index in [-0.39, 0.29) is 16.8 Å². The molecule has 0 bridgehead atoms. The Kier molecular flexibility index (Phi) is 7.17. The lowest BCUT2D eigenvalue weighted by Crippen LogP contribution is -3.08. The summed E-state index contributed by atoms with van der Waals surface area (Å²) >= 11 is 0. The van der Waals surface area contributed by atoms with E-state index in [4.69, 9.17) is 9.88 Å². The second-order valence-corrected chi connectivity index (χ2v) is 8.59. The van der Waals surface area contributed by atoms with Crippen LogP contribution in [0.4, 0.5) is 0 Å². The number of methoxy groups -OCH3 is 1. The average Bonchev–Trinajstić information content (AvgIpc) is 2.61. The molecule has 152 valence electrons. The first kappa shape index (κ1) is 21.9. The molecule has 28 heavy (non-hydrogen) atoms. The molecule has 0 radical (unpaired) electrons. The molecule has 1 amide bonds. The van der Waals surface area contributed by atoms with E-state index in [1.165, 1.54) is 12.1 Å². The molecule has 2 atom stereocenters. The predicted octanol–water partition coefficient (Wildman–Crippen LogP) is 0.543. The van der Waals surface area contributed by atoms with Crippen LogP contribution in [0.1, 0.15) is 29.7 Å². The van der Waals surface area contributed by atoms with Crippen LogP contribution in [0.3, 0.4) is 0 Å². The number of nitrogens with one attached hydrogen (secondary N) is 2. The van der Waals surface area contributed by atoms with Gasteiger partial charge < -0.3 is 15.0 Å². The molecule has 0 saturated heterocycles. The molecule has 2 rings (SSSR count). The number of aryl methyl sites for hydroxylation is 1. The third-order valence-electron chi connectivity index (χ3n) is 4.48. The highest BCUT2D eigenvalue weighted by atomic mass is 32.2. The van der Waals surface area contributed by atoms with Crippen LogP contribution in [0.25, 0.3) is 0 Å². The van der Waals surface area contributed by atoms with E-state index in [1.807, 2.05) is 33.0 Å². The molecule has 2 aromatic carbocycles. The maximum Gasteiger partial charge on any atom is 0.275 e. The van der Waals surface area contributed by atoms with Gasteiger partial charge in [-0.1, -0.05) is 23.8 Å². The zero-order valence-corrected chi connectivity index (χ0v) is 17.5. The Morgan fingerprint density at radius 3 is 2.43 bits per heavy atom. The van der Waals surface area contributed by atoms with Gasteiger partial charge in [-0.15, -0.1) is 0 Å². The number of amides is 1. The van der Waals surface area contributed by atoms with Gasteiger partial charge >= 0.3 is 0 Å². The quantitative estimate of drug-likeness (QED) is 0.595. The maximum atomic E-state index is 12.4. The zero-order chi connectivity index (χ0) is 20.9. The van der Waals surface area contributed by atoms with Gasteiger partial charge in [-0.2, -0.15) is 0 Å². The fourth-order valence-corrected chi connectivity index (χ4v) is 3.54. The summed E-state index contributed by atoms with van der Waals surface area (Å²) < 4.78 is 28.0. The van der Waals surface area contributed by atoms with Crippen molar-refractivity contribution >= 4 is 15.9 Å². The van der Waals surface area contributed by atoms with Gasteiger partial charge in [0.1, 0.15) is 12.3 Å². The number of quaternary nitrogens is 1. The lowest BCUT2D eigenvalue weighted by Gasteiger charge is -2.18. The second kappa shape index (κ2) is 9.18. The Morgan fingerprint density at radius 2 is 1.86 bits per heavy atom. The Hall–Kier alpha value is -2.42. The van der Waals surface area contributed by atoms with E-state index in [9.17, 15) is 13.2 Å². The number of hydrogen-bond donors (Lipinski definition) is 3. The number of primary sulfonamides is 1. The van der Waals surface area contributed by atoms with Gasteiger partial charge in [0.15, 0.2) is 6.54 Å². The van der Waals surface area contributed by atoms with Crippen LogP contribution in [0.2, 0.25) is 0 Å². The molecule has 0 fully saturated rings. The van der Waals surface area contributed by atoms with Gasteiger partial charge in [0, 0.05) is 5.56 Å². The van der Waals surface area contributed by atoms with Crippen LogP contribution < -0.4 is 20.1 Å². The SMILES string of the molecule is COc1ccc(C)cc1C[NH+](C)CC(=O)N[C@H](C)c1ccc(S(N)(=O)=O)cc1. The molecule has 8 heteroatoms. The number of carbonyl (C=O) groups excluding carboxylic acids is 1. The van der Waals surface area contributed by atoms with Crippen molar-refractivity contribution < 1.29 is 22.8 Å². The molecule has 0 saturated carbocycles. The third-order valence-corrected chi connectivity index (χ3v) is 5.41. The second-order valence-electron chi connectivity index (χ2n) is 7.03. The van der Waals surface area contributed by atoms with Crippen molar-refractivity contribution in [2.45, 2.75) is 31.3 Å². The van der Waals surface area contributed by atoms with Crippen LogP contribution in [0.5, 0.6) is 5.75 Å². The largest absolute Gasteiger partial charge is 0.496 e. The molecule has 4 N–H and O–H groups in total. The van der Waals surface area contributed by atoms with Gasteiger partial charge in [0.05, 0.1) is 25.1 Å². The first-order chi connectivity index (χ1) is 13.1. The molecule has 0 spiro atoms. The number of sulfonamides is 1. The van der Waals surface area contributed by atoms with Gasteiger partial charge in [-0.3, -0.25) is 4.79 Å². The van der Waals surface area contributed by atoms with E-state index < -0.39 is 10.0 Å². The number of rotatable bonds is 8. The number of nitrogens with two attached hydrogens (primary N) is 1. The standard InChI is InChI=1S/C20H27N3O4S/c1-14-5-10-19(27-4)17(11-14)12-23(3)13-20(24)22-15(2)16-6-8-18(9-7-16)28(21,25)26/h5-11,15H,12-13H2,1-4H3,(H,22,24)(H2,21,25,26)/p+1/t15-/m1/s1. The first-order valence-corrected chi connectivity index (χ1v) is 10.5. The van der Waals surface area contributed by atoms with E-state index in [1.54, 1.807) is 19.2 Å². The molecule has 0 heterocycles. The topological polar surface area (TPSA) is 103 Å². The maximum absolute atomic E-state index is 12.4. The minimum Gasteiger partial charge on any atom is -0.496 e. The highest BCUT2D eigenvalue weighted by Gasteiger charge is 2.16. The lowest BCUT2D eigenvalue weighted by molar-refractivity contribution is -0.885. The minimum atomic E-state index is -3.72. The lowest BCUT2D eigenvalue weighted by atomic mass is 10.1. The highest BCUT2D eigenvalue weighted by Crippen LogP contribution is 2.18. The molecule has 2 aromatic rings. The molecule has 0 aliphatic carbocycles. The van der Waals surface area contributed by atoms with Crippen molar-refractivity contribution in [3.8, 4) is 5.75 Å².